The molecule has 14 heavy (non-hydrogen) atoms. The Labute approximate surface area is 92.7 Å². The van der Waals surface area contributed by atoms with Crippen LogP contribution in [0.4, 0.5) is 5.13 Å². The second-order valence-electron chi connectivity index (χ2n) is 2.81. The summed E-state index contributed by atoms with van der Waals surface area (Å²) in [5.41, 5.74) is 0. The van der Waals surface area contributed by atoms with Crippen molar-refractivity contribution in [3.63, 3.8) is 0 Å². The molecule has 0 aliphatic heterocycles. The van der Waals surface area contributed by atoms with Crippen LogP contribution in [-0.4, -0.2) is 30.0 Å². The van der Waals surface area contributed by atoms with Crippen LogP contribution in [0.1, 0.15) is 19.8 Å². The summed E-state index contributed by atoms with van der Waals surface area (Å²) in [5, 5.41) is 10.6. The maximum atomic E-state index is 5.38. The molecule has 0 atom stereocenters. The molecule has 0 bridgehead atoms. The fourth-order valence-corrected chi connectivity index (χ4v) is 1.70. The summed E-state index contributed by atoms with van der Waals surface area (Å²) in [4.78, 5) is 0. The van der Waals surface area contributed by atoms with Gasteiger partial charge in [0.2, 0.25) is 5.13 Å². The third-order valence-electron chi connectivity index (χ3n) is 1.60. The van der Waals surface area contributed by atoms with Crippen LogP contribution in [0, 0.1) is 3.95 Å². The van der Waals surface area contributed by atoms with Crippen molar-refractivity contribution < 1.29 is 4.74 Å². The first-order valence-corrected chi connectivity index (χ1v) is 5.92. The highest BCUT2D eigenvalue weighted by Crippen LogP contribution is 2.09. The first-order chi connectivity index (χ1) is 6.83. The molecule has 0 radical (unpaired) electrons. The van der Waals surface area contributed by atoms with Crippen LogP contribution in [0.3, 0.4) is 0 Å². The normalized spacial score (nSPS) is 10.4. The number of aromatic nitrogens is 2. The molecule has 0 fully saturated rings. The molecule has 1 heterocycles. The van der Waals surface area contributed by atoms with Crippen molar-refractivity contribution in [1.82, 2.24) is 10.2 Å². The lowest BCUT2D eigenvalue weighted by Gasteiger charge is -2.03. The molecule has 1 rings (SSSR count). The van der Waals surface area contributed by atoms with Gasteiger partial charge in [0.15, 0.2) is 3.95 Å². The molecule has 0 aromatic carbocycles. The summed E-state index contributed by atoms with van der Waals surface area (Å²) in [6.07, 6.45) is 2.30. The largest absolute Gasteiger partial charge is 0.380 e. The van der Waals surface area contributed by atoms with Gasteiger partial charge in [-0.2, -0.15) is 0 Å². The van der Waals surface area contributed by atoms with Gasteiger partial charge >= 0.3 is 0 Å². The smallest absolute Gasteiger partial charge is 0.204 e. The second-order valence-corrected chi connectivity index (χ2v) is 4.48. The van der Waals surface area contributed by atoms with E-state index < -0.39 is 0 Å². The molecule has 4 nitrogen and oxygen atoms in total. The van der Waals surface area contributed by atoms with Gasteiger partial charge in [0, 0.05) is 13.2 Å². The predicted molar refractivity (Wildman–Crippen MR) is 61.5 cm³/mol. The monoisotopic (exact) mass is 233 g/mol. The van der Waals surface area contributed by atoms with E-state index in [2.05, 4.69) is 22.4 Å². The Hall–Kier alpha value is -0.460. The molecule has 0 aliphatic rings. The van der Waals surface area contributed by atoms with Crippen molar-refractivity contribution in [2.24, 2.45) is 0 Å². The Morgan fingerprint density at radius 2 is 2.43 bits per heavy atom. The number of ether oxygens (including phenoxy) is 1. The number of anilines is 1. The summed E-state index contributed by atoms with van der Waals surface area (Å²) in [7, 11) is 0. The number of unbranched alkanes of at least 4 members (excludes halogenated alkanes) is 1. The average Bonchev–Trinajstić information content (AvgIpc) is 2.58. The minimum atomic E-state index is 0.694. The van der Waals surface area contributed by atoms with Crippen LogP contribution in [0.5, 0.6) is 0 Å². The van der Waals surface area contributed by atoms with Crippen molar-refractivity contribution in [2.75, 3.05) is 25.1 Å². The van der Waals surface area contributed by atoms with E-state index in [0.29, 0.717) is 10.6 Å². The summed E-state index contributed by atoms with van der Waals surface area (Å²) in [5.74, 6) is 0. The Balaban J connectivity index is 2.02. The average molecular weight is 233 g/mol. The minimum Gasteiger partial charge on any atom is -0.380 e. The Kier molecular flexibility index (Phi) is 5.74. The van der Waals surface area contributed by atoms with E-state index in [1.54, 1.807) is 0 Å². The van der Waals surface area contributed by atoms with Crippen molar-refractivity contribution in [1.29, 1.82) is 0 Å². The topological polar surface area (TPSA) is 49.9 Å². The maximum Gasteiger partial charge on any atom is 0.204 e. The van der Waals surface area contributed by atoms with Gasteiger partial charge in [-0.05, 0) is 18.6 Å². The number of nitrogens with one attached hydrogen (secondary N) is 2. The summed E-state index contributed by atoms with van der Waals surface area (Å²) in [6.45, 7) is 4.48. The standard InChI is InChI=1S/C8H15N3OS2/c1-2-3-5-12-6-4-9-7-10-11-8(13)14-7/h2-6H2,1H3,(H,9,10)(H,11,13). The van der Waals surface area contributed by atoms with Crippen LogP contribution < -0.4 is 5.32 Å². The lowest BCUT2D eigenvalue weighted by atomic mass is 10.4. The van der Waals surface area contributed by atoms with Crippen LogP contribution >= 0.6 is 23.6 Å². The summed E-state index contributed by atoms with van der Waals surface area (Å²) >= 11 is 6.34. The molecule has 80 valence electrons. The highest BCUT2D eigenvalue weighted by Gasteiger charge is 1.94. The van der Waals surface area contributed by atoms with Crippen molar-refractivity contribution in [2.45, 2.75) is 19.8 Å². The van der Waals surface area contributed by atoms with E-state index in [1.165, 1.54) is 17.8 Å². The second kappa shape index (κ2) is 6.92. The molecule has 2 N–H and O–H groups in total. The predicted octanol–water partition coefficient (Wildman–Crippen LogP) is 2.43. The zero-order chi connectivity index (χ0) is 10.2. The number of nitrogens with zero attached hydrogens (tertiary/aromatic N) is 1. The van der Waals surface area contributed by atoms with E-state index in [4.69, 9.17) is 17.0 Å². The SMILES string of the molecule is CCCCOCCNc1n[nH]c(=S)s1. The Morgan fingerprint density at radius 3 is 3.07 bits per heavy atom. The van der Waals surface area contributed by atoms with Gasteiger partial charge in [-0.15, -0.1) is 5.10 Å². The molecule has 1 aromatic rings. The molecular formula is C8H15N3OS2. The Bertz CT molecular complexity index is 297. The molecule has 0 unspecified atom stereocenters. The lowest BCUT2D eigenvalue weighted by Crippen LogP contribution is -2.09. The van der Waals surface area contributed by atoms with Crippen LogP contribution in [0.2, 0.25) is 0 Å². The summed E-state index contributed by atoms with van der Waals surface area (Å²) in [6, 6.07) is 0. The van der Waals surface area contributed by atoms with Gasteiger partial charge < -0.3 is 10.1 Å². The van der Waals surface area contributed by atoms with Crippen LogP contribution in [0.15, 0.2) is 0 Å². The quantitative estimate of drug-likeness (QED) is 0.561. The molecular weight excluding hydrogens is 218 g/mol. The number of rotatable bonds is 7. The number of hydrogen-bond acceptors (Lipinski definition) is 5. The van der Waals surface area contributed by atoms with Crippen LogP contribution in [-0.2, 0) is 4.74 Å². The highest BCUT2D eigenvalue weighted by atomic mass is 32.1. The fraction of sp³-hybridized carbons (Fsp3) is 0.750. The lowest BCUT2D eigenvalue weighted by molar-refractivity contribution is 0.141. The maximum absolute atomic E-state index is 5.38. The highest BCUT2D eigenvalue weighted by molar-refractivity contribution is 7.73. The van der Waals surface area contributed by atoms with E-state index in [-0.39, 0.29) is 0 Å². The minimum absolute atomic E-state index is 0.694. The first-order valence-electron chi connectivity index (χ1n) is 4.70. The molecule has 0 aliphatic carbocycles. The van der Waals surface area contributed by atoms with E-state index in [9.17, 15) is 0 Å². The Morgan fingerprint density at radius 1 is 1.57 bits per heavy atom. The van der Waals surface area contributed by atoms with Gasteiger partial charge in [0.05, 0.1) is 6.61 Å². The number of hydrogen-bond donors (Lipinski definition) is 2. The van der Waals surface area contributed by atoms with E-state index in [1.807, 2.05) is 0 Å². The van der Waals surface area contributed by atoms with Gasteiger partial charge in [-0.3, -0.25) is 5.10 Å². The van der Waals surface area contributed by atoms with Gasteiger partial charge in [-0.1, -0.05) is 24.7 Å². The fourth-order valence-electron chi connectivity index (χ4n) is 0.884. The molecule has 0 spiro atoms. The number of H-pyrrole nitrogens is 1. The third kappa shape index (κ3) is 4.69. The zero-order valence-corrected chi connectivity index (χ0v) is 9.84. The molecule has 0 saturated heterocycles. The van der Waals surface area contributed by atoms with Gasteiger partial charge in [0.1, 0.15) is 0 Å². The zero-order valence-electron chi connectivity index (χ0n) is 8.21. The molecule has 0 saturated carbocycles. The molecule has 0 amide bonds. The number of aromatic amines is 1. The first kappa shape index (κ1) is 11.6. The van der Waals surface area contributed by atoms with Gasteiger partial charge in [0.25, 0.3) is 0 Å². The van der Waals surface area contributed by atoms with Gasteiger partial charge in [-0.25, -0.2) is 0 Å². The third-order valence-corrected chi connectivity index (χ3v) is 2.65. The van der Waals surface area contributed by atoms with Crippen molar-refractivity contribution in [3.8, 4) is 0 Å². The van der Waals surface area contributed by atoms with Crippen LogP contribution in [0.25, 0.3) is 0 Å². The molecule has 6 heteroatoms. The molecule has 1 aromatic heterocycles. The van der Waals surface area contributed by atoms with Crippen molar-refractivity contribution >= 4 is 28.7 Å². The van der Waals surface area contributed by atoms with E-state index >= 15 is 0 Å². The van der Waals surface area contributed by atoms with Crippen molar-refractivity contribution in [3.05, 3.63) is 3.95 Å². The van der Waals surface area contributed by atoms with E-state index in [0.717, 1.165) is 24.7 Å². The summed E-state index contributed by atoms with van der Waals surface area (Å²) < 4.78 is 6.07.